The van der Waals surface area contributed by atoms with Gasteiger partial charge >= 0.3 is 12.1 Å². The zero-order valence-electron chi connectivity index (χ0n) is 28.9. The number of amides is 1. The van der Waals surface area contributed by atoms with Gasteiger partial charge in [0.1, 0.15) is 36.2 Å². The topological polar surface area (TPSA) is 159 Å². The summed E-state index contributed by atoms with van der Waals surface area (Å²) in [6.45, 7) is 2.85. The number of esters is 1. The van der Waals surface area contributed by atoms with Gasteiger partial charge in [-0.1, -0.05) is 25.1 Å². The van der Waals surface area contributed by atoms with Crippen LogP contribution < -0.4 is 38.8 Å². The molecule has 1 amide bonds. The van der Waals surface area contributed by atoms with Gasteiger partial charge in [0.05, 0.1) is 28.9 Å². The largest absolute Gasteiger partial charge is 1.00 e. The van der Waals surface area contributed by atoms with E-state index in [9.17, 15) is 19.1 Å². The molecule has 2 aromatic carbocycles. The quantitative estimate of drug-likeness (QED) is 0.102. The van der Waals surface area contributed by atoms with Crippen molar-refractivity contribution in [3.63, 3.8) is 0 Å². The van der Waals surface area contributed by atoms with Crippen molar-refractivity contribution in [3.05, 3.63) is 112 Å². The third kappa shape index (κ3) is 10.1. The molecule has 1 unspecified atom stereocenters. The number of anilines is 1. The Morgan fingerprint density at radius 3 is 2.62 bits per heavy atom. The van der Waals surface area contributed by atoms with E-state index in [4.69, 9.17) is 19.7 Å². The Morgan fingerprint density at radius 1 is 1.19 bits per heavy atom. The summed E-state index contributed by atoms with van der Waals surface area (Å²) in [6.07, 6.45) is 2.65. The molecule has 13 nitrogen and oxygen atoms in total. The van der Waals surface area contributed by atoms with Crippen molar-refractivity contribution in [2.24, 2.45) is 0 Å². The average molecular weight is 881 g/mol. The second-order valence-electron chi connectivity index (χ2n) is 11.6. The van der Waals surface area contributed by atoms with Gasteiger partial charge < -0.3 is 43.9 Å². The number of aliphatic hydroxyl groups is 1. The molecule has 0 saturated carbocycles. The molecule has 0 bridgehead atoms. The summed E-state index contributed by atoms with van der Waals surface area (Å²) in [6, 6.07) is 15.1. The van der Waals surface area contributed by atoms with Gasteiger partial charge in [0.15, 0.2) is 0 Å². The molecule has 0 aliphatic carbocycles. The first-order valence-corrected chi connectivity index (χ1v) is 16.6. The Hall–Kier alpha value is -4.61. The summed E-state index contributed by atoms with van der Waals surface area (Å²) in [5, 5.41) is 30.6. The lowest BCUT2D eigenvalue weighted by molar-refractivity contribution is -0.753. The van der Waals surface area contributed by atoms with Crippen molar-refractivity contribution in [2.45, 2.75) is 44.7 Å². The minimum absolute atomic E-state index is 0. The molecule has 3 aromatic heterocycles. The molecule has 5 rings (SSSR count). The van der Waals surface area contributed by atoms with E-state index in [0.29, 0.717) is 21.8 Å². The molecule has 53 heavy (non-hydrogen) atoms. The highest BCUT2D eigenvalue weighted by Gasteiger charge is 2.43. The summed E-state index contributed by atoms with van der Waals surface area (Å²) in [4.78, 5) is 35.1. The first-order valence-electron chi connectivity index (χ1n) is 15.7. The van der Waals surface area contributed by atoms with E-state index >= 15 is 4.39 Å². The monoisotopic (exact) mass is 880 g/mol. The number of hydrogen-bond acceptors (Lipinski definition) is 11. The van der Waals surface area contributed by atoms with Crippen LogP contribution in [-0.4, -0.2) is 57.6 Å². The lowest BCUT2D eigenvalue weighted by Gasteiger charge is -2.32. The van der Waals surface area contributed by atoms with Gasteiger partial charge in [0.25, 0.3) is 6.33 Å². The highest BCUT2D eigenvalue weighted by Crippen LogP contribution is 2.41. The van der Waals surface area contributed by atoms with Crippen molar-refractivity contribution >= 4 is 41.6 Å². The SMILES string of the molecule is CNCC(=O)OCc1cccnc1N(C)C(=O)OC(C)[n+]1cnn(C[C@@](O)(c2cc(F)ccc2F)[C@H](C)c2nc(-c3ccc(C#N)cc3)cs2)c1.Cl.[I-]. The Kier molecular flexibility index (Phi) is 15.3. The number of nitriles is 1. The van der Waals surface area contributed by atoms with E-state index in [1.807, 2.05) is 0 Å². The maximum Gasteiger partial charge on any atom is 0.418 e. The third-order valence-electron chi connectivity index (χ3n) is 8.18. The van der Waals surface area contributed by atoms with E-state index in [-0.39, 0.29) is 67.5 Å². The molecule has 0 aliphatic heterocycles. The number of nitrogens with zero attached hydrogens (tertiary/aromatic N) is 7. The molecule has 18 heteroatoms. The van der Waals surface area contributed by atoms with Gasteiger partial charge in [-0.2, -0.15) is 9.83 Å². The van der Waals surface area contributed by atoms with Crippen molar-refractivity contribution in [1.29, 1.82) is 5.26 Å². The standard InChI is InChI=1S/C35H35F2N8O5S.ClH.HI/c1-22(33-42-30(18-51-33)25-9-7-24(15-38)8-10-25)35(48,28-14-27(36)11-12-29(28)37)19-45-21-44(20-41-45)23(2)50-34(47)43(4)32-26(6-5-13-40-32)17-49-31(46)16-39-3;;/h5-14,18,20-23,39,48H,16-17,19H2,1-4H3;2*1H/q+1;;/p-1/t22-,23?,35+;;/m1../s1. The molecule has 280 valence electrons. The Balaban J connectivity index is 0.00000378. The van der Waals surface area contributed by atoms with E-state index in [1.165, 1.54) is 51.4 Å². The van der Waals surface area contributed by atoms with Crippen LogP contribution in [0.2, 0.25) is 0 Å². The first-order chi connectivity index (χ1) is 24.4. The summed E-state index contributed by atoms with van der Waals surface area (Å²) in [5.74, 6) is -2.64. The normalized spacial score (nSPS) is 12.9. The smallest absolute Gasteiger partial charge is 0.418 e. The van der Waals surface area contributed by atoms with Gasteiger partial charge in [-0.25, -0.2) is 23.5 Å². The molecule has 3 heterocycles. The van der Waals surface area contributed by atoms with Crippen molar-refractivity contribution in [1.82, 2.24) is 25.1 Å². The number of likely N-dealkylation sites (N-methyl/N-ethyl adjacent to an activating group) is 1. The van der Waals surface area contributed by atoms with E-state index in [1.54, 1.807) is 62.7 Å². The molecule has 3 atom stereocenters. The lowest BCUT2D eigenvalue weighted by atomic mass is 9.82. The van der Waals surface area contributed by atoms with Gasteiger partial charge in [-0.15, -0.1) is 28.4 Å². The van der Waals surface area contributed by atoms with Crippen LogP contribution in [0.4, 0.5) is 19.4 Å². The van der Waals surface area contributed by atoms with Crippen LogP contribution >= 0.6 is 23.7 Å². The lowest BCUT2D eigenvalue weighted by Crippen LogP contribution is -3.00. The number of ether oxygens (including phenoxy) is 2. The summed E-state index contributed by atoms with van der Waals surface area (Å²) >= 11 is 1.25. The molecule has 0 radical (unpaired) electrons. The average Bonchev–Trinajstić information content (AvgIpc) is 3.82. The zero-order chi connectivity index (χ0) is 36.7. The molecular weight excluding hydrogens is 845 g/mol. The Labute approximate surface area is 331 Å². The molecule has 0 fully saturated rings. The maximum absolute atomic E-state index is 15.3. The van der Waals surface area contributed by atoms with Gasteiger partial charge in [0.2, 0.25) is 12.6 Å². The van der Waals surface area contributed by atoms with Crippen LogP contribution in [0.1, 0.15) is 47.7 Å². The van der Waals surface area contributed by atoms with Crippen molar-refractivity contribution < 1.29 is 61.5 Å². The Morgan fingerprint density at radius 2 is 1.92 bits per heavy atom. The molecule has 0 aliphatic rings. The number of nitrogens with one attached hydrogen (secondary N) is 1. The van der Waals surface area contributed by atoms with Crippen LogP contribution in [0, 0.1) is 23.0 Å². The second-order valence-corrected chi connectivity index (χ2v) is 12.5. The van der Waals surface area contributed by atoms with Crippen LogP contribution in [0.25, 0.3) is 11.3 Å². The highest BCUT2D eigenvalue weighted by molar-refractivity contribution is 7.10. The fourth-order valence-electron chi connectivity index (χ4n) is 5.25. The highest BCUT2D eigenvalue weighted by atomic mass is 127. The number of carbonyl (C=O) groups excluding carboxylic acids is 2. The van der Waals surface area contributed by atoms with Crippen LogP contribution in [0.5, 0.6) is 0 Å². The van der Waals surface area contributed by atoms with E-state index in [0.717, 1.165) is 23.8 Å². The number of carbonyl (C=O) groups is 2. The Bertz CT molecular complexity index is 2060. The van der Waals surface area contributed by atoms with Gasteiger partial charge in [-0.05, 0) is 43.4 Å². The maximum atomic E-state index is 15.3. The third-order valence-corrected chi connectivity index (χ3v) is 9.20. The first kappa shape index (κ1) is 42.8. The molecular formula is C35H36ClF2IN8O5S. The summed E-state index contributed by atoms with van der Waals surface area (Å²) in [7, 11) is 3.08. The zero-order valence-corrected chi connectivity index (χ0v) is 32.7. The number of pyridine rings is 1. The van der Waals surface area contributed by atoms with Crippen LogP contribution in [-0.2, 0) is 33.0 Å². The second kappa shape index (κ2) is 18.9. The predicted molar refractivity (Wildman–Crippen MR) is 188 cm³/mol. The van der Waals surface area contributed by atoms with E-state index < -0.39 is 41.4 Å². The number of rotatable bonds is 13. The molecule has 5 aromatic rings. The van der Waals surface area contributed by atoms with Gasteiger partial charge in [-0.3, -0.25) is 9.69 Å². The minimum Gasteiger partial charge on any atom is -1.00 e. The fraction of sp³-hybridized carbons (Fsp3) is 0.286. The number of hydrogen-bond donors (Lipinski definition) is 2. The molecule has 0 spiro atoms. The summed E-state index contributed by atoms with van der Waals surface area (Å²) in [5.41, 5.74) is 0.000750. The van der Waals surface area contributed by atoms with Gasteiger partial charge in [0, 0.05) is 53.3 Å². The number of halogens is 4. The number of benzene rings is 2. The van der Waals surface area contributed by atoms with Crippen molar-refractivity contribution in [3.8, 4) is 17.3 Å². The van der Waals surface area contributed by atoms with Crippen LogP contribution in [0.3, 0.4) is 0 Å². The number of thiazole rings is 1. The van der Waals surface area contributed by atoms with Crippen molar-refractivity contribution in [2.75, 3.05) is 25.5 Å². The fourth-order valence-corrected chi connectivity index (χ4v) is 6.22. The molecule has 2 N–H and O–H groups in total. The van der Waals surface area contributed by atoms with Crippen LogP contribution in [0.15, 0.2) is 78.8 Å². The predicted octanol–water partition coefficient (Wildman–Crippen LogP) is 2.01. The minimum atomic E-state index is -2.04. The number of aromatic nitrogens is 5. The molecule has 0 saturated heterocycles. The summed E-state index contributed by atoms with van der Waals surface area (Å²) < 4.78 is 43.5. The van der Waals surface area contributed by atoms with E-state index in [2.05, 4.69) is 21.5 Å².